The normalized spacial score (nSPS) is 30.0. The van der Waals surface area contributed by atoms with Crippen LogP contribution in [0.25, 0.3) is 0 Å². The average molecular weight is 274 g/mol. The van der Waals surface area contributed by atoms with Gasteiger partial charge in [-0.25, -0.2) is 0 Å². The van der Waals surface area contributed by atoms with E-state index >= 15 is 0 Å². The van der Waals surface area contributed by atoms with Gasteiger partial charge in [0.05, 0.1) is 22.8 Å². The van der Waals surface area contributed by atoms with E-state index in [-0.39, 0.29) is 6.10 Å². The molecule has 3 atom stereocenters. The Balaban J connectivity index is 2.14. The molecule has 0 aromatic heterocycles. The molecule has 0 amide bonds. The third kappa shape index (κ3) is 3.14. The molecule has 4 heteroatoms. The maximum absolute atomic E-state index is 6.02. The lowest BCUT2D eigenvalue weighted by Crippen LogP contribution is -2.32. The first-order valence-corrected chi connectivity index (χ1v) is 6.63. The molecule has 0 saturated carbocycles. The summed E-state index contributed by atoms with van der Waals surface area (Å²) in [6.07, 6.45) is 0.0529. The van der Waals surface area contributed by atoms with E-state index in [1.54, 1.807) is 0 Å². The van der Waals surface area contributed by atoms with Crippen LogP contribution in [0, 0.1) is 5.92 Å². The zero-order valence-electron chi connectivity index (χ0n) is 10.0. The van der Waals surface area contributed by atoms with Crippen molar-refractivity contribution in [2.45, 2.75) is 26.0 Å². The molecule has 0 bridgehead atoms. The van der Waals surface area contributed by atoms with Crippen molar-refractivity contribution in [2.75, 3.05) is 13.2 Å². The molecule has 94 valence electrons. The first kappa shape index (κ1) is 13.2. The Bertz CT molecular complexity index is 385. The summed E-state index contributed by atoms with van der Waals surface area (Å²) in [5, 5.41) is 4.64. The van der Waals surface area contributed by atoms with Crippen LogP contribution in [0.4, 0.5) is 0 Å². The predicted octanol–water partition coefficient (Wildman–Crippen LogP) is 3.68. The largest absolute Gasteiger partial charge is 0.372 e. The van der Waals surface area contributed by atoms with Crippen LogP contribution in [0.15, 0.2) is 18.2 Å². The Hall–Kier alpha value is -0.280. The van der Waals surface area contributed by atoms with Crippen molar-refractivity contribution in [1.82, 2.24) is 5.32 Å². The van der Waals surface area contributed by atoms with Gasteiger partial charge in [0, 0.05) is 12.6 Å². The monoisotopic (exact) mass is 273 g/mol. The van der Waals surface area contributed by atoms with Crippen molar-refractivity contribution in [3.63, 3.8) is 0 Å². The van der Waals surface area contributed by atoms with Gasteiger partial charge in [0.15, 0.2) is 0 Å². The van der Waals surface area contributed by atoms with Crippen LogP contribution in [0.2, 0.25) is 10.0 Å². The standard InChI is InChI=1S/C13H17Cl2NO/c1-8-7-17-13(6-16-9(8)2)10-3-4-11(14)12(15)5-10/h3-5,8-9,13,16H,6-7H2,1-2H3. The van der Waals surface area contributed by atoms with Gasteiger partial charge in [-0.05, 0) is 30.5 Å². The first-order valence-electron chi connectivity index (χ1n) is 5.88. The highest BCUT2D eigenvalue weighted by molar-refractivity contribution is 6.42. The van der Waals surface area contributed by atoms with Gasteiger partial charge >= 0.3 is 0 Å². The lowest BCUT2D eigenvalue weighted by atomic mass is 10.1. The van der Waals surface area contributed by atoms with E-state index < -0.39 is 0 Å². The van der Waals surface area contributed by atoms with Crippen molar-refractivity contribution in [3.05, 3.63) is 33.8 Å². The fraction of sp³-hybridized carbons (Fsp3) is 0.538. The summed E-state index contributed by atoms with van der Waals surface area (Å²) in [4.78, 5) is 0. The molecule has 1 heterocycles. The van der Waals surface area contributed by atoms with Crippen LogP contribution in [0.5, 0.6) is 0 Å². The maximum atomic E-state index is 6.02. The van der Waals surface area contributed by atoms with E-state index in [4.69, 9.17) is 27.9 Å². The highest BCUT2D eigenvalue weighted by Crippen LogP contribution is 2.28. The molecule has 0 radical (unpaired) electrons. The zero-order chi connectivity index (χ0) is 12.4. The van der Waals surface area contributed by atoms with Gasteiger partial charge in [0.1, 0.15) is 0 Å². The number of ether oxygens (including phenoxy) is 1. The zero-order valence-corrected chi connectivity index (χ0v) is 11.6. The molecule has 17 heavy (non-hydrogen) atoms. The second-order valence-corrected chi connectivity index (χ2v) is 5.48. The quantitative estimate of drug-likeness (QED) is 0.843. The van der Waals surface area contributed by atoms with Gasteiger partial charge in [0.25, 0.3) is 0 Å². The fourth-order valence-electron chi connectivity index (χ4n) is 1.89. The molecule has 2 nitrogen and oxygen atoms in total. The molecule has 2 rings (SSSR count). The highest BCUT2D eigenvalue weighted by atomic mass is 35.5. The number of benzene rings is 1. The van der Waals surface area contributed by atoms with E-state index in [1.165, 1.54) is 0 Å². The van der Waals surface area contributed by atoms with Crippen LogP contribution in [-0.4, -0.2) is 19.2 Å². The van der Waals surface area contributed by atoms with Gasteiger partial charge in [-0.1, -0.05) is 36.2 Å². The summed E-state index contributed by atoms with van der Waals surface area (Å²) >= 11 is 11.9. The molecule has 1 aromatic rings. The first-order chi connectivity index (χ1) is 8.08. The van der Waals surface area contributed by atoms with Crippen LogP contribution in [0.3, 0.4) is 0 Å². The average Bonchev–Trinajstić information content (AvgIpc) is 2.47. The number of hydrogen-bond donors (Lipinski definition) is 1. The molecular formula is C13H17Cl2NO. The third-order valence-corrected chi connectivity index (χ3v) is 4.09. The second-order valence-electron chi connectivity index (χ2n) is 4.67. The fourth-order valence-corrected chi connectivity index (χ4v) is 2.20. The van der Waals surface area contributed by atoms with Crippen LogP contribution >= 0.6 is 23.2 Å². The minimum Gasteiger partial charge on any atom is -0.372 e. The lowest BCUT2D eigenvalue weighted by Gasteiger charge is -2.16. The molecule has 1 aliphatic heterocycles. The van der Waals surface area contributed by atoms with E-state index in [0.717, 1.165) is 18.7 Å². The summed E-state index contributed by atoms with van der Waals surface area (Å²) in [6.45, 7) is 5.95. The van der Waals surface area contributed by atoms with E-state index in [0.29, 0.717) is 22.0 Å². The summed E-state index contributed by atoms with van der Waals surface area (Å²) < 4.78 is 5.90. The van der Waals surface area contributed by atoms with Crippen molar-refractivity contribution >= 4 is 23.2 Å². The van der Waals surface area contributed by atoms with Crippen molar-refractivity contribution < 1.29 is 4.74 Å². The minimum absolute atomic E-state index is 0.0529. The topological polar surface area (TPSA) is 21.3 Å². The van der Waals surface area contributed by atoms with Gasteiger partial charge in [-0.2, -0.15) is 0 Å². The number of hydrogen-bond acceptors (Lipinski definition) is 2. The molecule has 0 spiro atoms. The van der Waals surface area contributed by atoms with Crippen molar-refractivity contribution in [3.8, 4) is 0 Å². The van der Waals surface area contributed by atoms with Gasteiger partial charge in [-0.3, -0.25) is 0 Å². The SMILES string of the molecule is CC1COC(c2ccc(Cl)c(Cl)c2)CNC1C. The minimum atomic E-state index is 0.0529. The summed E-state index contributed by atoms with van der Waals surface area (Å²) in [7, 11) is 0. The number of rotatable bonds is 1. The van der Waals surface area contributed by atoms with Gasteiger partial charge in [-0.15, -0.1) is 0 Å². The smallest absolute Gasteiger partial charge is 0.0949 e. The molecule has 1 aromatic carbocycles. The second kappa shape index (κ2) is 5.57. The van der Waals surface area contributed by atoms with Gasteiger partial charge in [0.2, 0.25) is 0 Å². The molecule has 1 fully saturated rings. The third-order valence-electron chi connectivity index (χ3n) is 3.35. The Labute approximate surface area is 112 Å². The van der Waals surface area contributed by atoms with Crippen molar-refractivity contribution in [2.24, 2.45) is 5.92 Å². The Morgan fingerprint density at radius 2 is 2.00 bits per heavy atom. The van der Waals surface area contributed by atoms with Crippen LogP contribution in [0.1, 0.15) is 25.5 Å². The van der Waals surface area contributed by atoms with E-state index in [2.05, 4.69) is 19.2 Å². The Kier molecular flexibility index (Phi) is 4.31. The molecule has 1 saturated heterocycles. The van der Waals surface area contributed by atoms with Gasteiger partial charge < -0.3 is 10.1 Å². The Morgan fingerprint density at radius 1 is 1.24 bits per heavy atom. The maximum Gasteiger partial charge on any atom is 0.0949 e. The molecule has 0 aliphatic carbocycles. The van der Waals surface area contributed by atoms with Crippen LogP contribution < -0.4 is 5.32 Å². The molecule has 1 N–H and O–H groups in total. The summed E-state index contributed by atoms with van der Waals surface area (Å²) in [6, 6.07) is 6.15. The molecule has 3 unspecified atom stereocenters. The van der Waals surface area contributed by atoms with Crippen LogP contribution in [-0.2, 0) is 4.74 Å². The van der Waals surface area contributed by atoms with E-state index in [1.807, 2.05) is 18.2 Å². The van der Waals surface area contributed by atoms with E-state index in [9.17, 15) is 0 Å². The predicted molar refractivity (Wildman–Crippen MR) is 71.8 cm³/mol. The molecular weight excluding hydrogens is 257 g/mol. The molecule has 1 aliphatic rings. The summed E-state index contributed by atoms with van der Waals surface area (Å²) in [5.41, 5.74) is 1.08. The lowest BCUT2D eigenvalue weighted by molar-refractivity contribution is 0.0496. The van der Waals surface area contributed by atoms with Crippen molar-refractivity contribution in [1.29, 1.82) is 0 Å². The Morgan fingerprint density at radius 3 is 2.71 bits per heavy atom. The highest BCUT2D eigenvalue weighted by Gasteiger charge is 2.22. The number of halogens is 2. The summed E-state index contributed by atoms with van der Waals surface area (Å²) in [5.74, 6) is 0.516. The number of nitrogens with one attached hydrogen (secondary N) is 1.